The molecule has 0 heterocycles. The van der Waals surface area contributed by atoms with E-state index in [4.69, 9.17) is 5.11 Å². The van der Waals surface area contributed by atoms with Gasteiger partial charge < -0.3 is 5.11 Å². The highest BCUT2D eigenvalue weighted by atomic mass is 16.2. The molecule has 0 unspecified atom stereocenters. The summed E-state index contributed by atoms with van der Waals surface area (Å²) in [6, 6.07) is 8.93. The minimum absolute atomic E-state index is 0.0815. The monoisotopic (exact) mass is 285 g/mol. The number of rotatable bonds is 3. The first-order valence-electron chi connectivity index (χ1n) is 7.90. The van der Waals surface area contributed by atoms with Crippen LogP contribution in [-0.4, -0.2) is 29.7 Å². The Kier molecular flexibility index (Phi) is 5.45. The van der Waals surface area contributed by atoms with Crippen molar-refractivity contribution in [2.24, 2.45) is 5.41 Å². The molecular formula is C19H27NO. The summed E-state index contributed by atoms with van der Waals surface area (Å²) in [7, 11) is 2.22. The maximum Gasteiger partial charge on any atom is 0.104 e. The van der Waals surface area contributed by atoms with E-state index in [1.54, 1.807) is 0 Å². The quantitative estimate of drug-likeness (QED) is 0.860. The second kappa shape index (κ2) is 7.11. The third-order valence-electron chi connectivity index (χ3n) is 4.67. The van der Waals surface area contributed by atoms with Crippen LogP contribution in [0.3, 0.4) is 0 Å². The Hall–Kier alpha value is -1.30. The van der Waals surface area contributed by atoms with Gasteiger partial charge in [-0.15, -0.1) is 0 Å². The molecule has 0 saturated heterocycles. The van der Waals surface area contributed by atoms with Gasteiger partial charge in [-0.2, -0.15) is 0 Å². The molecule has 0 bridgehead atoms. The molecule has 0 amide bonds. The minimum atomic E-state index is -0.0815. The van der Waals surface area contributed by atoms with Crippen molar-refractivity contribution in [3.8, 4) is 11.8 Å². The molecular weight excluding hydrogens is 258 g/mol. The van der Waals surface area contributed by atoms with Crippen LogP contribution in [0.4, 0.5) is 0 Å². The van der Waals surface area contributed by atoms with E-state index in [1.807, 2.05) is 12.1 Å². The number of aliphatic hydroxyl groups is 1. The first-order chi connectivity index (χ1) is 10.0. The average Bonchev–Trinajstić information content (AvgIpc) is 2.46. The molecule has 0 atom stereocenters. The van der Waals surface area contributed by atoms with Gasteiger partial charge in [0.1, 0.15) is 6.61 Å². The summed E-state index contributed by atoms with van der Waals surface area (Å²) in [6.45, 7) is 5.61. The normalized spacial score (nSPS) is 18.3. The highest BCUT2D eigenvalue weighted by molar-refractivity contribution is 5.41. The van der Waals surface area contributed by atoms with Gasteiger partial charge in [0.15, 0.2) is 0 Å². The van der Waals surface area contributed by atoms with Crippen LogP contribution in [0.1, 0.15) is 50.7 Å². The second-order valence-electron chi connectivity index (χ2n) is 6.93. The summed E-state index contributed by atoms with van der Waals surface area (Å²) in [4.78, 5) is 2.47. The number of aliphatic hydroxyl groups excluding tert-OH is 1. The van der Waals surface area contributed by atoms with Crippen molar-refractivity contribution >= 4 is 0 Å². The fourth-order valence-electron chi connectivity index (χ4n) is 3.14. The van der Waals surface area contributed by atoms with Gasteiger partial charge in [0.25, 0.3) is 0 Å². The smallest absolute Gasteiger partial charge is 0.104 e. The maximum atomic E-state index is 8.87. The van der Waals surface area contributed by atoms with Crippen LogP contribution < -0.4 is 0 Å². The summed E-state index contributed by atoms with van der Waals surface area (Å²) >= 11 is 0. The van der Waals surface area contributed by atoms with Crippen LogP contribution >= 0.6 is 0 Å². The molecule has 0 spiro atoms. The first kappa shape index (κ1) is 16.1. The molecule has 2 heteroatoms. The Bertz CT molecular complexity index is 514. The molecule has 1 aromatic carbocycles. The van der Waals surface area contributed by atoms with Crippen molar-refractivity contribution in [1.82, 2.24) is 4.90 Å². The van der Waals surface area contributed by atoms with Gasteiger partial charge in [0, 0.05) is 18.2 Å². The molecule has 1 fully saturated rings. The largest absolute Gasteiger partial charge is 0.384 e. The zero-order chi connectivity index (χ0) is 15.3. The molecule has 0 radical (unpaired) electrons. The molecule has 2 rings (SSSR count). The van der Waals surface area contributed by atoms with Gasteiger partial charge >= 0.3 is 0 Å². The zero-order valence-electron chi connectivity index (χ0n) is 13.5. The van der Waals surface area contributed by atoms with E-state index in [0.29, 0.717) is 11.5 Å². The van der Waals surface area contributed by atoms with Crippen LogP contribution in [-0.2, 0) is 6.54 Å². The van der Waals surface area contributed by atoms with Gasteiger partial charge in [-0.25, -0.2) is 0 Å². The molecule has 2 nitrogen and oxygen atoms in total. The summed E-state index contributed by atoms with van der Waals surface area (Å²) < 4.78 is 0. The van der Waals surface area contributed by atoms with E-state index < -0.39 is 0 Å². The van der Waals surface area contributed by atoms with Crippen LogP contribution in [0.25, 0.3) is 0 Å². The Morgan fingerprint density at radius 2 is 1.90 bits per heavy atom. The Balaban J connectivity index is 2.01. The lowest BCUT2D eigenvalue weighted by atomic mass is 9.75. The molecule has 0 aromatic heterocycles. The number of hydrogen-bond acceptors (Lipinski definition) is 2. The fourth-order valence-corrected chi connectivity index (χ4v) is 3.14. The lowest BCUT2D eigenvalue weighted by Crippen LogP contribution is -2.36. The maximum absolute atomic E-state index is 8.87. The van der Waals surface area contributed by atoms with Crippen molar-refractivity contribution in [2.75, 3.05) is 13.7 Å². The Morgan fingerprint density at radius 1 is 1.24 bits per heavy atom. The number of benzene rings is 1. The SMILES string of the molecule is CN(Cc1ccccc1C#CCO)C1CCC(C)(C)CC1. The molecule has 1 saturated carbocycles. The lowest BCUT2D eigenvalue weighted by molar-refractivity contribution is 0.123. The van der Waals surface area contributed by atoms with Crippen molar-refractivity contribution in [3.05, 3.63) is 35.4 Å². The molecule has 1 aliphatic carbocycles. The molecule has 0 aliphatic heterocycles. The third kappa shape index (κ3) is 4.59. The predicted octanol–water partition coefficient (Wildman–Crippen LogP) is 3.43. The average molecular weight is 285 g/mol. The first-order valence-corrected chi connectivity index (χ1v) is 7.90. The molecule has 1 aliphatic rings. The van der Waals surface area contributed by atoms with Crippen LogP contribution in [0.2, 0.25) is 0 Å². The Labute approximate surface area is 129 Å². The van der Waals surface area contributed by atoms with E-state index in [0.717, 1.165) is 12.1 Å². The molecule has 114 valence electrons. The van der Waals surface area contributed by atoms with E-state index >= 15 is 0 Å². The topological polar surface area (TPSA) is 23.5 Å². The standard InChI is InChI=1S/C19H27NO/c1-19(2)12-10-18(11-13-19)20(3)15-17-8-5-4-7-16(17)9-6-14-21/h4-5,7-8,18,21H,10-15H2,1-3H3. The van der Waals surface area contributed by atoms with Crippen molar-refractivity contribution in [1.29, 1.82) is 0 Å². The summed E-state index contributed by atoms with van der Waals surface area (Å²) in [5.74, 6) is 5.81. The van der Waals surface area contributed by atoms with E-state index in [2.05, 4.69) is 49.8 Å². The van der Waals surface area contributed by atoms with Crippen molar-refractivity contribution < 1.29 is 5.11 Å². The van der Waals surface area contributed by atoms with Gasteiger partial charge in [-0.3, -0.25) is 4.90 Å². The van der Waals surface area contributed by atoms with E-state index in [1.165, 1.54) is 31.2 Å². The van der Waals surface area contributed by atoms with E-state index in [-0.39, 0.29) is 6.61 Å². The van der Waals surface area contributed by atoms with Gasteiger partial charge in [0.2, 0.25) is 0 Å². The van der Waals surface area contributed by atoms with E-state index in [9.17, 15) is 0 Å². The summed E-state index contributed by atoms with van der Waals surface area (Å²) in [5, 5.41) is 8.87. The second-order valence-corrected chi connectivity index (χ2v) is 6.93. The van der Waals surface area contributed by atoms with Gasteiger partial charge in [0.05, 0.1) is 0 Å². The number of hydrogen-bond donors (Lipinski definition) is 1. The molecule has 1 aromatic rings. The summed E-state index contributed by atoms with van der Waals surface area (Å²) in [6.07, 6.45) is 5.20. The highest BCUT2D eigenvalue weighted by Gasteiger charge is 2.28. The lowest BCUT2D eigenvalue weighted by Gasteiger charge is -2.38. The van der Waals surface area contributed by atoms with Gasteiger partial charge in [-0.05, 0) is 49.8 Å². The van der Waals surface area contributed by atoms with Crippen LogP contribution in [0.5, 0.6) is 0 Å². The van der Waals surface area contributed by atoms with Crippen molar-refractivity contribution in [2.45, 2.75) is 52.1 Å². The highest BCUT2D eigenvalue weighted by Crippen LogP contribution is 2.36. The third-order valence-corrected chi connectivity index (χ3v) is 4.67. The zero-order valence-corrected chi connectivity index (χ0v) is 13.5. The number of nitrogens with zero attached hydrogens (tertiary/aromatic N) is 1. The van der Waals surface area contributed by atoms with Gasteiger partial charge in [-0.1, -0.05) is 43.9 Å². The van der Waals surface area contributed by atoms with Crippen molar-refractivity contribution in [3.63, 3.8) is 0 Å². The Morgan fingerprint density at radius 3 is 2.57 bits per heavy atom. The minimum Gasteiger partial charge on any atom is -0.384 e. The fraction of sp³-hybridized carbons (Fsp3) is 0.579. The van der Waals surface area contributed by atoms with Crippen LogP contribution in [0.15, 0.2) is 24.3 Å². The summed E-state index contributed by atoms with van der Waals surface area (Å²) in [5.41, 5.74) is 2.81. The molecule has 21 heavy (non-hydrogen) atoms. The molecule has 1 N–H and O–H groups in total. The predicted molar refractivity (Wildman–Crippen MR) is 87.9 cm³/mol. The van der Waals surface area contributed by atoms with Crippen LogP contribution in [0, 0.1) is 17.3 Å².